The van der Waals surface area contributed by atoms with E-state index in [1.807, 2.05) is 7.05 Å². The van der Waals surface area contributed by atoms with Crippen molar-refractivity contribution in [2.45, 2.75) is 46.5 Å². The molecule has 0 aliphatic heterocycles. The van der Waals surface area contributed by atoms with Gasteiger partial charge in [0.1, 0.15) is 5.52 Å². The second-order valence-corrected chi connectivity index (χ2v) is 6.66. The fourth-order valence-electron chi connectivity index (χ4n) is 3.51. The average Bonchev–Trinajstić information content (AvgIpc) is 2.97. The number of imidazole rings is 1. The summed E-state index contributed by atoms with van der Waals surface area (Å²) in [6.07, 6.45) is 4.06. The molecule has 1 aromatic carbocycles. The first kappa shape index (κ1) is 18.4. The maximum Gasteiger partial charge on any atom is 0.228 e. The topological polar surface area (TPSA) is 52.0 Å². The largest absolute Gasteiger partial charge is 0.311 e. The zero-order valence-corrected chi connectivity index (χ0v) is 16.4. The van der Waals surface area contributed by atoms with Crippen LogP contribution < -0.4 is 5.48 Å². The number of benzene rings is 1. The fourth-order valence-corrected chi connectivity index (χ4v) is 3.51. The third-order valence-electron chi connectivity index (χ3n) is 4.90. The third kappa shape index (κ3) is 3.19. The molecular formula is C21H28N4O. The smallest absolute Gasteiger partial charge is 0.228 e. The van der Waals surface area contributed by atoms with Crippen LogP contribution in [-0.2, 0) is 24.7 Å². The van der Waals surface area contributed by atoms with Crippen LogP contribution in [0.25, 0.3) is 22.3 Å². The van der Waals surface area contributed by atoms with Gasteiger partial charge in [0.2, 0.25) is 5.95 Å². The second-order valence-electron chi connectivity index (χ2n) is 6.66. The zero-order chi connectivity index (χ0) is 18.7. The van der Waals surface area contributed by atoms with Crippen LogP contribution in [0.15, 0.2) is 24.3 Å². The molecule has 3 aromatic rings. The summed E-state index contributed by atoms with van der Waals surface area (Å²) in [5.74, 6) is 0.707. The number of anilines is 1. The lowest BCUT2D eigenvalue weighted by Gasteiger charge is -2.15. The number of rotatable bonds is 7. The van der Waals surface area contributed by atoms with Crippen LogP contribution in [-0.4, -0.2) is 21.6 Å². The monoisotopic (exact) mass is 352 g/mol. The molecule has 0 aliphatic carbocycles. The Morgan fingerprint density at radius 2 is 1.92 bits per heavy atom. The van der Waals surface area contributed by atoms with E-state index in [9.17, 15) is 0 Å². The predicted molar refractivity (Wildman–Crippen MR) is 107 cm³/mol. The predicted octanol–water partition coefficient (Wildman–Crippen LogP) is 4.82. The normalized spacial score (nSPS) is 11.3. The van der Waals surface area contributed by atoms with Crippen molar-refractivity contribution in [1.29, 1.82) is 0 Å². The summed E-state index contributed by atoms with van der Waals surface area (Å²) in [5, 5.41) is 0. The number of hydrogen-bond donors (Lipinski definition) is 1. The van der Waals surface area contributed by atoms with Gasteiger partial charge in [0, 0.05) is 18.2 Å². The van der Waals surface area contributed by atoms with Crippen molar-refractivity contribution in [3.8, 4) is 11.3 Å². The van der Waals surface area contributed by atoms with Crippen molar-refractivity contribution >= 4 is 17.0 Å². The Balaban J connectivity index is 2.34. The fraction of sp³-hybridized carbons (Fsp3) is 0.429. The number of hydrogen-bond acceptors (Lipinski definition) is 4. The highest BCUT2D eigenvalue weighted by Crippen LogP contribution is 2.34. The summed E-state index contributed by atoms with van der Waals surface area (Å²) in [6, 6.07) is 8.47. The number of pyridine rings is 1. The molecule has 0 aliphatic rings. The molecule has 0 saturated heterocycles. The van der Waals surface area contributed by atoms with Gasteiger partial charge >= 0.3 is 0 Å². The van der Waals surface area contributed by atoms with E-state index in [1.165, 1.54) is 16.7 Å². The van der Waals surface area contributed by atoms with Gasteiger partial charge in [0.25, 0.3) is 0 Å². The third-order valence-corrected chi connectivity index (χ3v) is 4.90. The minimum atomic E-state index is 0.707. The summed E-state index contributed by atoms with van der Waals surface area (Å²) < 4.78 is 2.08. The summed E-state index contributed by atoms with van der Waals surface area (Å²) in [5.41, 5.74) is 10.8. The Bertz CT molecular complexity index is 914. The Kier molecular flexibility index (Phi) is 5.57. The van der Waals surface area contributed by atoms with Crippen LogP contribution in [0, 0.1) is 6.92 Å². The molecule has 3 rings (SSSR count). The molecule has 0 amide bonds. The highest BCUT2D eigenvalue weighted by molar-refractivity contribution is 5.89. The SMILES string of the molecule is CCCCc1nc(-c2ccccc2C)c(CC)c2c1nc(NOC)n2C. The van der Waals surface area contributed by atoms with Crippen molar-refractivity contribution in [2.75, 3.05) is 12.6 Å². The van der Waals surface area contributed by atoms with E-state index >= 15 is 0 Å². The first-order chi connectivity index (χ1) is 12.6. The van der Waals surface area contributed by atoms with Gasteiger partial charge in [-0.2, -0.15) is 0 Å². The van der Waals surface area contributed by atoms with Crippen LogP contribution >= 0.6 is 0 Å². The Morgan fingerprint density at radius 1 is 1.15 bits per heavy atom. The molecule has 5 heteroatoms. The maximum atomic E-state index is 5.11. The van der Waals surface area contributed by atoms with Gasteiger partial charge in [-0.3, -0.25) is 9.82 Å². The molecule has 1 N–H and O–H groups in total. The number of fused-ring (bicyclic) bond motifs is 1. The molecule has 5 nitrogen and oxygen atoms in total. The van der Waals surface area contributed by atoms with Gasteiger partial charge in [-0.15, -0.1) is 0 Å². The van der Waals surface area contributed by atoms with Crippen LogP contribution in [0.2, 0.25) is 0 Å². The molecule has 26 heavy (non-hydrogen) atoms. The van der Waals surface area contributed by atoms with E-state index in [2.05, 4.69) is 55.1 Å². The maximum absolute atomic E-state index is 5.11. The molecule has 2 aromatic heterocycles. The lowest BCUT2D eigenvalue weighted by molar-refractivity contribution is 0.266. The first-order valence-corrected chi connectivity index (χ1v) is 9.35. The van der Waals surface area contributed by atoms with Crippen LogP contribution in [0.3, 0.4) is 0 Å². The second kappa shape index (κ2) is 7.87. The summed E-state index contributed by atoms with van der Waals surface area (Å²) >= 11 is 0. The number of nitrogens with one attached hydrogen (secondary N) is 1. The lowest BCUT2D eigenvalue weighted by Crippen LogP contribution is -2.05. The molecule has 0 unspecified atom stereocenters. The Hall–Kier alpha value is -2.40. The van der Waals surface area contributed by atoms with Crippen LogP contribution in [0.1, 0.15) is 43.5 Å². The molecule has 0 spiro atoms. The zero-order valence-electron chi connectivity index (χ0n) is 16.4. The summed E-state index contributed by atoms with van der Waals surface area (Å²) in [6.45, 7) is 6.53. The van der Waals surface area contributed by atoms with Crippen molar-refractivity contribution in [2.24, 2.45) is 7.05 Å². The lowest BCUT2D eigenvalue weighted by atomic mass is 9.97. The van der Waals surface area contributed by atoms with Crippen molar-refractivity contribution in [1.82, 2.24) is 14.5 Å². The van der Waals surface area contributed by atoms with Crippen molar-refractivity contribution in [3.63, 3.8) is 0 Å². The van der Waals surface area contributed by atoms with Gasteiger partial charge in [0.05, 0.1) is 24.0 Å². The minimum absolute atomic E-state index is 0.707. The van der Waals surface area contributed by atoms with Gasteiger partial charge in [-0.05, 0) is 31.7 Å². The highest BCUT2D eigenvalue weighted by atomic mass is 16.6. The molecule has 0 radical (unpaired) electrons. The molecule has 0 bridgehead atoms. The standard InChI is InChI=1S/C21H28N4O/c1-6-8-13-17-19-20(25(4)21(23-19)24-26-5)15(7-2)18(22-17)16-12-10-9-11-14(16)3/h9-12H,6-8,13H2,1-5H3,(H,23,24). The van der Waals surface area contributed by atoms with Crippen LogP contribution in [0.4, 0.5) is 5.95 Å². The van der Waals surface area contributed by atoms with E-state index in [1.54, 1.807) is 7.11 Å². The number of nitrogens with zero attached hydrogens (tertiary/aromatic N) is 3. The minimum Gasteiger partial charge on any atom is -0.311 e. The first-order valence-electron chi connectivity index (χ1n) is 9.35. The average molecular weight is 352 g/mol. The van der Waals surface area contributed by atoms with Crippen molar-refractivity contribution < 1.29 is 4.84 Å². The van der Waals surface area contributed by atoms with E-state index in [4.69, 9.17) is 14.8 Å². The highest BCUT2D eigenvalue weighted by Gasteiger charge is 2.21. The van der Waals surface area contributed by atoms with E-state index in [0.717, 1.165) is 48.1 Å². The number of aryl methyl sites for hydroxylation is 4. The van der Waals surface area contributed by atoms with Gasteiger partial charge < -0.3 is 4.57 Å². The molecule has 0 saturated carbocycles. The van der Waals surface area contributed by atoms with Gasteiger partial charge in [0.15, 0.2) is 0 Å². The summed E-state index contributed by atoms with van der Waals surface area (Å²) in [7, 11) is 3.64. The van der Waals surface area contributed by atoms with Crippen LogP contribution in [0.5, 0.6) is 0 Å². The number of aromatic nitrogens is 3. The summed E-state index contributed by atoms with van der Waals surface area (Å²) in [4.78, 5) is 15.0. The van der Waals surface area contributed by atoms with E-state index < -0.39 is 0 Å². The van der Waals surface area contributed by atoms with Crippen molar-refractivity contribution in [3.05, 3.63) is 41.1 Å². The van der Waals surface area contributed by atoms with E-state index in [-0.39, 0.29) is 0 Å². The van der Waals surface area contributed by atoms with Gasteiger partial charge in [-0.25, -0.2) is 10.5 Å². The number of unbranched alkanes of at least 4 members (excludes halogenated alkanes) is 1. The quantitative estimate of drug-likeness (QED) is 0.619. The molecule has 138 valence electrons. The Labute approximate surface area is 155 Å². The molecule has 2 heterocycles. The van der Waals surface area contributed by atoms with Gasteiger partial charge in [-0.1, -0.05) is 44.5 Å². The van der Waals surface area contributed by atoms with E-state index in [0.29, 0.717) is 5.95 Å². The molecule has 0 atom stereocenters. The molecule has 0 fully saturated rings. The molecular weight excluding hydrogens is 324 g/mol. The Morgan fingerprint density at radius 3 is 2.58 bits per heavy atom.